The highest BCUT2D eigenvalue weighted by atomic mass is 16.6. The van der Waals surface area contributed by atoms with Gasteiger partial charge in [-0.25, -0.2) is 14.4 Å². The highest BCUT2D eigenvalue weighted by Gasteiger charge is 2.39. The van der Waals surface area contributed by atoms with Crippen LogP contribution in [0.5, 0.6) is 0 Å². The maximum absolute atomic E-state index is 11.4. The normalized spacial score (nSPS) is 20.0. The minimum absolute atomic E-state index is 0.0619. The number of unbranched alkanes of at least 4 members (excludes halogenated alkanes) is 1. The number of fused-ring (bicyclic) bond motifs is 2. The molecule has 2 saturated carbocycles. The van der Waals surface area contributed by atoms with Crippen LogP contribution in [0.1, 0.15) is 51.9 Å². The largest absolute Gasteiger partial charge is 0.462 e. The van der Waals surface area contributed by atoms with Crippen LogP contribution in [0.2, 0.25) is 0 Å². The highest BCUT2D eigenvalue weighted by Crippen LogP contribution is 2.47. The van der Waals surface area contributed by atoms with Crippen LogP contribution >= 0.6 is 0 Å². The number of carbonyl (C=O) groups excluding carboxylic acids is 4. The molecule has 2 fully saturated rings. The number of hydrogen-bond donors (Lipinski definition) is 1. The number of esters is 3. The minimum atomic E-state index is -0.508. The Hall–Kier alpha value is -2.84. The molecule has 3 unspecified atom stereocenters. The molecular weight excluding hydrogens is 430 g/mol. The molecule has 2 aliphatic rings. The lowest BCUT2D eigenvalue weighted by molar-refractivity contribution is -0.149. The van der Waals surface area contributed by atoms with Gasteiger partial charge in [-0.2, -0.15) is 0 Å². The van der Waals surface area contributed by atoms with Gasteiger partial charge in [0, 0.05) is 25.1 Å². The molecule has 186 valence electrons. The van der Waals surface area contributed by atoms with Crippen molar-refractivity contribution in [2.24, 2.45) is 17.8 Å². The van der Waals surface area contributed by atoms with E-state index in [1.54, 1.807) is 0 Å². The summed E-state index contributed by atoms with van der Waals surface area (Å²) in [6.45, 7) is 9.54. The van der Waals surface area contributed by atoms with Gasteiger partial charge in [0.05, 0.1) is 0 Å². The first-order chi connectivity index (χ1) is 15.9. The minimum Gasteiger partial charge on any atom is -0.462 e. The Morgan fingerprint density at radius 1 is 0.879 bits per heavy atom. The number of nitrogens with one attached hydrogen (secondary N) is 1. The van der Waals surface area contributed by atoms with Crippen LogP contribution in [0.3, 0.4) is 0 Å². The quantitative estimate of drug-likeness (QED) is 0.190. The van der Waals surface area contributed by atoms with Crippen LogP contribution in [-0.4, -0.2) is 57.0 Å². The van der Waals surface area contributed by atoms with Crippen molar-refractivity contribution in [3.63, 3.8) is 0 Å². The first kappa shape index (κ1) is 28.2. The van der Waals surface area contributed by atoms with Crippen molar-refractivity contribution >= 4 is 24.0 Å². The summed E-state index contributed by atoms with van der Waals surface area (Å²) in [5.74, 6) is 1.02. The summed E-state index contributed by atoms with van der Waals surface area (Å²) in [5.41, 5.74) is 0. The maximum Gasteiger partial charge on any atom is 0.407 e. The van der Waals surface area contributed by atoms with E-state index in [0.717, 1.165) is 36.8 Å². The molecule has 2 rings (SSSR count). The molecule has 0 radical (unpaired) electrons. The van der Waals surface area contributed by atoms with Gasteiger partial charge in [-0.1, -0.05) is 32.9 Å². The lowest BCUT2D eigenvalue weighted by atomic mass is 9.89. The zero-order valence-corrected chi connectivity index (χ0v) is 19.6. The van der Waals surface area contributed by atoms with Crippen LogP contribution < -0.4 is 5.32 Å². The van der Waals surface area contributed by atoms with E-state index in [0.29, 0.717) is 18.9 Å². The van der Waals surface area contributed by atoms with Gasteiger partial charge >= 0.3 is 24.0 Å². The standard InChI is InChI=1S/C14H21NO4.C10H16O4/c1-2-13(16)18-5-6-19-14(17)15-9-12-8-10-3-4-11(12)7-10;1-3-5-6-10(12)14-8-7-13-9(11)4-2/h2,10-12H,1,3-9H2,(H,15,17);4H,2-3,5-8H2,1H3. The summed E-state index contributed by atoms with van der Waals surface area (Å²) in [7, 11) is 0. The smallest absolute Gasteiger partial charge is 0.407 e. The molecule has 0 saturated heterocycles. The number of carbonyl (C=O) groups is 4. The van der Waals surface area contributed by atoms with Gasteiger partial charge < -0.3 is 24.3 Å². The molecule has 0 spiro atoms. The molecule has 1 N–H and O–H groups in total. The monoisotopic (exact) mass is 467 g/mol. The summed E-state index contributed by atoms with van der Waals surface area (Å²) >= 11 is 0. The average Bonchev–Trinajstić information content (AvgIpc) is 3.45. The van der Waals surface area contributed by atoms with Crippen molar-refractivity contribution in [3.8, 4) is 0 Å². The first-order valence-corrected chi connectivity index (χ1v) is 11.5. The molecule has 0 heterocycles. The van der Waals surface area contributed by atoms with Crippen LogP contribution in [-0.2, 0) is 33.3 Å². The molecule has 0 aromatic carbocycles. The summed E-state index contributed by atoms with van der Waals surface area (Å²) < 4.78 is 19.0. The fourth-order valence-corrected chi connectivity index (χ4v) is 3.98. The molecule has 9 heteroatoms. The van der Waals surface area contributed by atoms with E-state index in [1.165, 1.54) is 25.7 Å². The van der Waals surface area contributed by atoms with Crippen LogP contribution in [0, 0.1) is 17.8 Å². The lowest BCUT2D eigenvalue weighted by Crippen LogP contribution is -2.32. The molecule has 2 aliphatic carbocycles. The van der Waals surface area contributed by atoms with Crippen LogP contribution in [0.25, 0.3) is 0 Å². The van der Waals surface area contributed by atoms with Crippen molar-refractivity contribution in [1.29, 1.82) is 0 Å². The third kappa shape index (κ3) is 12.7. The molecule has 1 amide bonds. The number of rotatable bonds is 13. The Kier molecular flexibility index (Phi) is 14.3. The Labute approximate surface area is 195 Å². The summed E-state index contributed by atoms with van der Waals surface area (Å²) in [4.78, 5) is 43.6. The number of alkyl carbamates (subject to hydrolysis) is 1. The zero-order valence-electron chi connectivity index (χ0n) is 19.6. The number of ether oxygens (including phenoxy) is 4. The second-order valence-corrected chi connectivity index (χ2v) is 8.02. The van der Waals surface area contributed by atoms with Crippen molar-refractivity contribution in [3.05, 3.63) is 25.3 Å². The summed E-state index contributed by atoms with van der Waals surface area (Å²) in [6.07, 6.45) is 9.16. The molecule has 0 aromatic rings. The molecule has 3 atom stereocenters. The first-order valence-electron chi connectivity index (χ1n) is 11.5. The predicted molar refractivity (Wildman–Crippen MR) is 121 cm³/mol. The molecule has 0 aromatic heterocycles. The Balaban J connectivity index is 0.000000349. The fraction of sp³-hybridized carbons (Fsp3) is 0.667. The molecule has 33 heavy (non-hydrogen) atoms. The third-order valence-electron chi connectivity index (χ3n) is 5.61. The van der Waals surface area contributed by atoms with Crippen LogP contribution in [0.15, 0.2) is 25.3 Å². The van der Waals surface area contributed by atoms with E-state index >= 15 is 0 Å². The Morgan fingerprint density at radius 2 is 1.48 bits per heavy atom. The fourth-order valence-electron chi connectivity index (χ4n) is 3.98. The zero-order chi connectivity index (χ0) is 24.5. The van der Waals surface area contributed by atoms with Crippen molar-refractivity contribution in [1.82, 2.24) is 5.32 Å². The van der Waals surface area contributed by atoms with Gasteiger partial charge in [0.15, 0.2) is 0 Å². The van der Waals surface area contributed by atoms with Gasteiger partial charge in [-0.15, -0.1) is 0 Å². The van der Waals surface area contributed by atoms with Crippen LogP contribution in [0.4, 0.5) is 4.79 Å². The van der Waals surface area contributed by atoms with Crippen molar-refractivity contribution in [2.75, 3.05) is 33.0 Å². The SMILES string of the molecule is C=CC(=O)OCCOC(=O)CCCC.C=CC(=O)OCCOC(=O)NCC1CC2CCC1C2. The Bertz CT molecular complexity index is 663. The maximum atomic E-state index is 11.4. The number of hydrogen-bond acceptors (Lipinski definition) is 8. The topological polar surface area (TPSA) is 117 Å². The second-order valence-electron chi connectivity index (χ2n) is 8.02. The molecule has 2 bridgehead atoms. The van der Waals surface area contributed by atoms with E-state index in [4.69, 9.17) is 14.2 Å². The summed E-state index contributed by atoms with van der Waals surface area (Å²) in [6, 6.07) is 0. The third-order valence-corrected chi connectivity index (χ3v) is 5.61. The van der Waals surface area contributed by atoms with Gasteiger partial charge in [0.2, 0.25) is 0 Å². The summed E-state index contributed by atoms with van der Waals surface area (Å²) in [5, 5.41) is 2.79. The lowest BCUT2D eigenvalue weighted by Gasteiger charge is -2.21. The van der Waals surface area contributed by atoms with Gasteiger partial charge in [-0.3, -0.25) is 4.79 Å². The van der Waals surface area contributed by atoms with E-state index in [-0.39, 0.29) is 32.4 Å². The van der Waals surface area contributed by atoms with E-state index in [9.17, 15) is 19.2 Å². The van der Waals surface area contributed by atoms with E-state index in [1.807, 2.05) is 6.92 Å². The molecule has 9 nitrogen and oxygen atoms in total. The molecular formula is C24H37NO8. The Morgan fingerprint density at radius 3 is 2.00 bits per heavy atom. The van der Waals surface area contributed by atoms with Gasteiger partial charge in [-0.05, 0) is 43.4 Å². The van der Waals surface area contributed by atoms with E-state index in [2.05, 4.69) is 23.2 Å². The van der Waals surface area contributed by atoms with E-state index < -0.39 is 18.0 Å². The van der Waals surface area contributed by atoms with Crippen molar-refractivity contribution < 1.29 is 38.1 Å². The average molecular weight is 468 g/mol. The van der Waals surface area contributed by atoms with Crippen molar-refractivity contribution in [2.45, 2.75) is 51.9 Å². The highest BCUT2D eigenvalue weighted by molar-refractivity contribution is 5.81. The number of amides is 1. The second kappa shape index (κ2) is 16.7. The predicted octanol–water partition coefficient (Wildman–Crippen LogP) is 3.33. The van der Waals surface area contributed by atoms with Gasteiger partial charge in [0.25, 0.3) is 0 Å². The van der Waals surface area contributed by atoms with Gasteiger partial charge in [0.1, 0.15) is 26.4 Å². The molecule has 0 aliphatic heterocycles.